The van der Waals surface area contributed by atoms with Gasteiger partial charge in [0.1, 0.15) is 0 Å². The Morgan fingerprint density at radius 3 is 2.75 bits per heavy atom. The van der Waals surface area contributed by atoms with Crippen LogP contribution in [-0.2, 0) is 0 Å². The van der Waals surface area contributed by atoms with Crippen LogP contribution < -0.4 is 4.73 Å². The van der Waals surface area contributed by atoms with Crippen LogP contribution in [0.4, 0.5) is 0 Å². The van der Waals surface area contributed by atoms with Crippen LogP contribution in [0.3, 0.4) is 0 Å². The van der Waals surface area contributed by atoms with Gasteiger partial charge in [0.2, 0.25) is 0 Å². The summed E-state index contributed by atoms with van der Waals surface area (Å²) in [5, 5.41) is 20.5. The Kier molecular flexibility index (Phi) is 2.65. The maximum Gasteiger partial charge on any atom is 0.189 e. The molecule has 1 aromatic heterocycles. The summed E-state index contributed by atoms with van der Waals surface area (Å²) < 4.78 is 0.772. The topological polar surface area (TPSA) is 47.2 Å². The molecule has 1 rings (SSSR count). The number of hydrogen-bond donors (Lipinski definition) is 1. The van der Waals surface area contributed by atoms with E-state index in [1.165, 1.54) is 6.20 Å². The Labute approximate surface area is 71.9 Å². The maximum absolute atomic E-state index is 11.1. The van der Waals surface area contributed by atoms with Crippen LogP contribution in [-0.4, -0.2) is 5.11 Å². The Morgan fingerprint density at radius 2 is 2.25 bits per heavy atom. The van der Waals surface area contributed by atoms with E-state index >= 15 is 0 Å². The highest BCUT2D eigenvalue weighted by atomic mass is 16.5. The van der Waals surface area contributed by atoms with Crippen molar-refractivity contribution in [2.24, 2.45) is 0 Å². The largest absolute Gasteiger partial charge is 0.618 e. The van der Waals surface area contributed by atoms with Crippen molar-refractivity contribution in [2.75, 3.05) is 0 Å². The zero-order valence-corrected chi connectivity index (χ0v) is 7.32. The third-order valence-electron chi connectivity index (χ3n) is 1.90. The van der Waals surface area contributed by atoms with E-state index in [0.717, 1.165) is 4.73 Å². The van der Waals surface area contributed by atoms with Crippen molar-refractivity contribution in [1.82, 2.24) is 0 Å². The second-order valence-electron chi connectivity index (χ2n) is 2.85. The molecule has 1 aromatic rings. The molecule has 1 N–H and O–H groups in total. The highest BCUT2D eigenvalue weighted by molar-refractivity contribution is 5.11. The summed E-state index contributed by atoms with van der Waals surface area (Å²) in [6.45, 7) is 3.61. The summed E-state index contributed by atoms with van der Waals surface area (Å²) in [4.78, 5) is 0. The Balaban J connectivity index is 2.96. The van der Waals surface area contributed by atoms with Gasteiger partial charge in [-0.3, -0.25) is 0 Å². The van der Waals surface area contributed by atoms with Gasteiger partial charge < -0.3 is 10.3 Å². The summed E-state index contributed by atoms with van der Waals surface area (Å²) in [6.07, 6.45) is 1.53. The minimum absolute atomic E-state index is 0.522. The van der Waals surface area contributed by atoms with Gasteiger partial charge in [-0.2, -0.15) is 4.73 Å². The lowest BCUT2D eigenvalue weighted by molar-refractivity contribution is -0.613. The van der Waals surface area contributed by atoms with Crippen LogP contribution in [0.1, 0.15) is 30.7 Å². The minimum atomic E-state index is -0.522. The number of rotatable bonds is 2. The van der Waals surface area contributed by atoms with Crippen molar-refractivity contribution < 1.29 is 9.84 Å². The normalized spacial score (nSPS) is 12.9. The van der Waals surface area contributed by atoms with Gasteiger partial charge in [0.25, 0.3) is 0 Å². The first-order chi connectivity index (χ1) is 5.65. The van der Waals surface area contributed by atoms with Gasteiger partial charge in [0, 0.05) is 18.6 Å². The molecule has 0 fully saturated rings. The lowest BCUT2D eigenvalue weighted by Crippen LogP contribution is -2.30. The summed E-state index contributed by atoms with van der Waals surface area (Å²) >= 11 is 0. The Bertz CT molecular complexity index is 273. The number of pyridine rings is 1. The monoisotopic (exact) mass is 167 g/mol. The molecule has 0 aliphatic carbocycles. The van der Waals surface area contributed by atoms with Gasteiger partial charge >= 0.3 is 0 Å². The fourth-order valence-electron chi connectivity index (χ4n) is 1.00. The van der Waals surface area contributed by atoms with Gasteiger partial charge in [-0.05, 0) is 12.5 Å². The third-order valence-corrected chi connectivity index (χ3v) is 1.90. The predicted molar refractivity (Wildman–Crippen MR) is 45.4 cm³/mol. The van der Waals surface area contributed by atoms with Crippen molar-refractivity contribution in [3.05, 3.63) is 34.8 Å². The predicted octanol–water partition coefficient (Wildman–Crippen LogP) is 1.07. The molecule has 66 valence electrons. The highest BCUT2D eigenvalue weighted by Gasteiger charge is 2.08. The smallest absolute Gasteiger partial charge is 0.189 e. The highest BCUT2D eigenvalue weighted by Crippen LogP contribution is 2.13. The zero-order valence-electron chi connectivity index (χ0n) is 7.32. The molecule has 3 nitrogen and oxygen atoms in total. The van der Waals surface area contributed by atoms with Gasteiger partial charge in [-0.1, -0.05) is 6.92 Å². The van der Waals surface area contributed by atoms with Crippen LogP contribution in [0.15, 0.2) is 18.3 Å². The molecule has 0 spiro atoms. The molecule has 0 aliphatic rings. The lowest BCUT2D eigenvalue weighted by Gasteiger charge is -2.07. The van der Waals surface area contributed by atoms with E-state index in [9.17, 15) is 10.3 Å². The number of aromatic nitrogens is 1. The van der Waals surface area contributed by atoms with Crippen molar-refractivity contribution in [1.29, 1.82) is 0 Å². The quantitative estimate of drug-likeness (QED) is 0.529. The minimum Gasteiger partial charge on any atom is -0.618 e. The maximum atomic E-state index is 11.1. The molecule has 1 heterocycles. The molecule has 1 unspecified atom stereocenters. The number of nitrogens with zero attached hydrogens (tertiary/aromatic N) is 1. The summed E-state index contributed by atoms with van der Waals surface area (Å²) in [5.74, 6) is 0. The van der Waals surface area contributed by atoms with Crippen molar-refractivity contribution >= 4 is 0 Å². The molecule has 0 saturated heterocycles. The first kappa shape index (κ1) is 9.00. The van der Waals surface area contributed by atoms with E-state index in [1.807, 2.05) is 6.92 Å². The second kappa shape index (κ2) is 3.54. The van der Waals surface area contributed by atoms with Gasteiger partial charge in [-0.25, -0.2) is 0 Å². The van der Waals surface area contributed by atoms with E-state index in [2.05, 4.69) is 0 Å². The van der Waals surface area contributed by atoms with E-state index in [-0.39, 0.29) is 0 Å². The molecule has 0 bridgehead atoms. The first-order valence-electron chi connectivity index (χ1n) is 4.03. The Hall–Kier alpha value is -1.09. The van der Waals surface area contributed by atoms with Crippen molar-refractivity contribution in [2.45, 2.75) is 26.4 Å². The second-order valence-corrected chi connectivity index (χ2v) is 2.85. The number of aliphatic hydroxyl groups is 1. The van der Waals surface area contributed by atoms with Crippen LogP contribution in [0.25, 0.3) is 0 Å². The van der Waals surface area contributed by atoms with E-state index in [0.29, 0.717) is 17.7 Å². The fraction of sp³-hybridized carbons (Fsp3) is 0.444. The summed E-state index contributed by atoms with van der Waals surface area (Å²) in [6, 6.07) is 3.49. The van der Waals surface area contributed by atoms with Crippen LogP contribution in [0.2, 0.25) is 0 Å². The van der Waals surface area contributed by atoms with Crippen LogP contribution in [0, 0.1) is 12.1 Å². The Morgan fingerprint density at radius 1 is 1.58 bits per heavy atom. The number of aryl methyl sites for hydroxylation is 1. The third kappa shape index (κ3) is 1.74. The van der Waals surface area contributed by atoms with E-state index in [1.54, 1.807) is 19.1 Å². The average Bonchev–Trinajstić information content (AvgIpc) is 2.08. The lowest BCUT2D eigenvalue weighted by atomic mass is 10.1. The van der Waals surface area contributed by atoms with Gasteiger partial charge in [0.15, 0.2) is 11.9 Å². The van der Waals surface area contributed by atoms with Gasteiger partial charge in [0.05, 0.1) is 6.10 Å². The average molecular weight is 167 g/mol. The van der Waals surface area contributed by atoms with E-state index in [4.69, 9.17) is 0 Å². The zero-order chi connectivity index (χ0) is 9.14. The van der Waals surface area contributed by atoms with Gasteiger partial charge in [-0.15, -0.1) is 0 Å². The summed E-state index contributed by atoms with van der Waals surface area (Å²) in [7, 11) is 0. The number of aliphatic hydroxyl groups excluding tert-OH is 1. The standard InChI is InChI=1S/C9H13NO2/c1-3-9(11)8-5-4-7(2)10(12)6-8/h4-6,9,11H,3H2,1-2H3. The van der Waals surface area contributed by atoms with Crippen molar-refractivity contribution in [3.8, 4) is 0 Å². The van der Waals surface area contributed by atoms with Crippen molar-refractivity contribution in [3.63, 3.8) is 0 Å². The number of hydrogen-bond acceptors (Lipinski definition) is 2. The van der Waals surface area contributed by atoms with E-state index < -0.39 is 6.10 Å². The molecular weight excluding hydrogens is 154 g/mol. The summed E-state index contributed by atoms with van der Waals surface area (Å²) in [5.41, 5.74) is 1.32. The molecule has 1 atom stereocenters. The SMILES string of the molecule is CCC(O)c1ccc(C)[n+]([O-])c1. The molecule has 0 aliphatic heterocycles. The molecule has 0 aromatic carbocycles. The van der Waals surface area contributed by atoms with Crippen LogP contribution in [0.5, 0.6) is 0 Å². The first-order valence-corrected chi connectivity index (χ1v) is 4.03. The molecular formula is C9H13NO2. The molecule has 3 heteroatoms. The fourth-order valence-corrected chi connectivity index (χ4v) is 1.00. The van der Waals surface area contributed by atoms with Crippen LogP contribution >= 0.6 is 0 Å². The molecule has 12 heavy (non-hydrogen) atoms. The molecule has 0 amide bonds. The molecule has 0 saturated carbocycles. The molecule has 0 radical (unpaired) electrons.